The zero-order valence-corrected chi connectivity index (χ0v) is 20.6. The van der Waals surface area contributed by atoms with Crippen LogP contribution in [0.25, 0.3) is 0 Å². The lowest BCUT2D eigenvalue weighted by atomic mass is 9.62. The lowest BCUT2D eigenvalue weighted by molar-refractivity contribution is 0.0697. The first-order valence-electron chi connectivity index (χ1n) is 11.7. The van der Waals surface area contributed by atoms with Crippen LogP contribution in [-0.4, -0.2) is 16.8 Å². The first-order chi connectivity index (χ1) is 14.6. The molecule has 0 saturated carbocycles. The molecule has 2 aromatic carbocycles. The summed E-state index contributed by atoms with van der Waals surface area (Å²) in [5, 5.41) is 9.13. The van der Waals surface area contributed by atoms with Crippen molar-refractivity contribution < 1.29 is 9.90 Å². The molecule has 0 bridgehead atoms. The average molecular weight is 439 g/mol. The highest BCUT2D eigenvalue weighted by Gasteiger charge is 2.37. The van der Waals surface area contributed by atoms with E-state index in [4.69, 9.17) is 5.11 Å². The number of hydrogen-bond donors (Lipinski definition) is 1. The molecule has 168 valence electrons. The molecule has 0 aliphatic heterocycles. The highest BCUT2D eigenvalue weighted by molar-refractivity contribution is 7.99. The van der Waals surface area contributed by atoms with Crippen molar-refractivity contribution >= 4 is 17.7 Å². The van der Waals surface area contributed by atoms with Crippen LogP contribution in [0.1, 0.15) is 106 Å². The second-order valence-electron chi connectivity index (χ2n) is 10.4. The Hall–Kier alpha value is -1.74. The second kappa shape index (κ2) is 9.81. The van der Waals surface area contributed by atoms with Crippen LogP contribution >= 0.6 is 11.8 Å². The molecular formula is C28H38O2S. The average Bonchev–Trinajstić information content (AvgIpc) is 2.74. The topological polar surface area (TPSA) is 37.3 Å². The molecule has 0 fully saturated rings. The molecule has 1 aliphatic rings. The van der Waals surface area contributed by atoms with Gasteiger partial charge in [0.1, 0.15) is 0 Å². The number of carboxylic acids is 1. The van der Waals surface area contributed by atoms with E-state index in [-0.39, 0.29) is 10.8 Å². The smallest absolute Gasteiger partial charge is 0.335 e. The van der Waals surface area contributed by atoms with Crippen LogP contribution in [0.3, 0.4) is 0 Å². The Morgan fingerprint density at radius 3 is 2.23 bits per heavy atom. The van der Waals surface area contributed by atoms with Gasteiger partial charge >= 0.3 is 5.97 Å². The minimum atomic E-state index is -0.867. The van der Waals surface area contributed by atoms with Crippen LogP contribution in [0.2, 0.25) is 0 Å². The molecule has 1 atom stereocenters. The number of aromatic carboxylic acids is 1. The van der Waals surface area contributed by atoms with Crippen molar-refractivity contribution in [2.75, 3.05) is 5.75 Å². The molecule has 0 spiro atoms. The van der Waals surface area contributed by atoms with Crippen molar-refractivity contribution in [2.24, 2.45) is 0 Å². The third-order valence-electron chi connectivity index (χ3n) is 7.06. The van der Waals surface area contributed by atoms with Gasteiger partial charge in [0.25, 0.3) is 0 Å². The molecule has 0 saturated heterocycles. The summed E-state index contributed by atoms with van der Waals surface area (Å²) in [5.74, 6) is 0.675. The van der Waals surface area contributed by atoms with Gasteiger partial charge < -0.3 is 5.11 Å². The molecule has 2 nitrogen and oxygen atoms in total. The predicted octanol–water partition coefficient (Wildman–Crippen LogP) is 8.19. The highest BCUT2D eigenvalue weighted by Crippen LogP contribution is 2.47. The van der Waals surface area contributed by atoms with Gasteiger partial charge in [-0.3, -0.25) is 0 Å². The van der Waals surface area contributed by atoms with Crippen molar-refractivity contribution in [3.05, 3.63) is 64.7 Å². The number of unbranched alkanes of at least 4 members (excludes halogenated alkanes) is 2. The largest absolute Gasteiger partial charge is 0.478 e. The first-order valence-corrected chi connectivity index (χ1v) is 12.7. The summed E-state index contributed by atoms with van der Waals surface area (Å²) in [5.41, 5.74) is 5.36. The zero-order chi connectivity index (χ0) is 22.6. The van der Waals surface area contributed by atoms with Crippen molar-refractivity contribution in [2.45, 2.75) is 94.8 Å². The molecule has 0 amide bonds. The molecule has 2 aromatic rings. The van der Waals surface area contributed by atoms with Gasteiger partial charge in [-0.25, -0.2) is 4.79 Å². The number of hydrogen-bond acceptors (Lipinski definition) is 2. The van der Waals surface area contributed by atoms with E-state index in [1.54, 1.807) is 12.1 Å². The summed E-state index contributed by atoms with van der Waals surface area (Å²) >= 11 is 1.85. The maximum absolute atomic E-state index is 11.1. The van der Waals surface area contributed by atoms with Crippen molar-refractivity contribution in [1.29, 1.82) is 0 Å². The number of rotatable bonds is 9. The quantitative estimate of drug-likeness (QED) is 0.317. The van der Waals surface area contributed by atoms with Gasteiger partial charge in [-0.05, 0) is 77.0 Å². The fraction of sp³-hybridized carbons (Fsp3) is 0.536. The fourth-order valence-corrected chi connectivity index (χ4v) is 5.82. The lowest BCUT2D eigenvalue weighted by Gasteiger charge is -2.42. The molecule has 31 heavy (non-hydrogen) atoms. The van der Waals surface area contributed by atoms with Gasteiger partial charge in [-0.2, -0.15) is 0 Å². The lowest BCUT2D eigenvalue weighted by Crippen LogP contribution is -2.34. The Morgan fingerprint density at radius 2 is 1.61 bits per heavy atom. The Kier molecular flexibility index (Phi) is 7.57. The van der Waals surface area contributed by atoms with E-state index in [0.717, 1.165) is 10.6 Å². The van der Waals surface area contributed by atoms with Crippen LogP contribution < -0.4 is 0 Å². The third kappa shape index (κ3) is 5.74. The summed E-state index contributed by atoms with van der Waals surface area (Å²) in [7, 11) is 0. The molecule has 0 heterocycles. The molecule has 3 heteroatoms. The molecule has 1 N–H and O–H groups in total. The van der Waals surface area contributed by atoms with Crippen LogP contribution in [-0.2, 0) is 10.8 Å². The van der Waals surface area contributed by atoms with Gasteiger partial charge in [0.05, 0.1) is 5.56 Å². The third-order valence-corrected chi connectivity index (χ3v) is 8.23. The molecule has 0 radical (unpaired) electrons. The number of carbonyl (C=O) groups is 1. The minimum Gasteiger partial charge on any atom is -0.478 e. The Labute approximate surface area is 192 Å². The van der Waals surface area contributed by atoms with E-state index in [1.165, 1.54) is 55.2 Å². The standard InChI is InChI=1S/C28H38O2S/c1-6-7-8-9-22(19-31-23-13-10-20(11-14-23)26(29)30)21-12-15-24-25(18-21)28(4,5)17-16-27(24,2)3/h10-15,18,22H,6-9,16-17,19H2,1-5H3,(H,29,30). The van der Waals surface area contributed by atoms with Crippen LogP contribution in [0.5, 0.6) is 0 Å². The fourth-order valence-electron chi connectivity index (χ4n) is 4.74. The van der Waals surface area contributed by atoms with Crippen LogP contribution in [0.15, 0.2) is 47.4 Å². The Morgan fingerprint density at radius 1 is 0.968 bits per heavy atom. The van der Waals surface area contributed by atoms with E-state index in [1.807, 2.05) is 23.9 Å². The molecule has 1 aliphatic carbocycles. The van der Waals surface area contributed by atoms with Gasteiger partial charge in [0.2, 0.25) is 0 Å². The van der Waals surface area contributed by atoms with Crippen molar-refractivity contribution in [3.8, 4) is 0 Å². The monoisotopic (exact) mass is 438 g/mol. The second-order valence-corrected chi connectivity index (χ2v) is 11.5. The van der Waals surface area contributed by atoms with Gasteiger partial charge in [0, 0.05) is 10.6 Å². The Bertz CT molecular complexity index is 896. The van der Waals surface area contributed by atoms with Crippen LogP contribution in [0.4, 0.5) is 0 Å². The zero-order valence-electron chi connectivity index (χ0n) is 19.8. The van der Waals surface area contributed by atoms with Crippen molar-refractivity contribution in [3.63, 3.8) is 0 Å². The van der Waals surface area contributed by atoms with Gasteiger partial charge in [-0.15, -0.1) is 11.8 Å². The number of carboxylic acid groups (broad SMARTS) is 1. The van der Waals surface area contributed by atoms with Crippen molar-refractivity contribution in [1.82, 2.24) is 0 Å². The SMILES string of the molecule is CCCCCC(CSc1ccc(C(=O)O)cc1)c1ccc2c(c1)C(C)(C)CCC2(C)C. The predicted molar refractivity (Wildman–Crippen MR) is 133 cm³/mol. The molecule has 0 aromatic heterocycles. The summed E-state index contributed by atoms with van der Waals surface area (Å²) < 4.78 is 0. The van der Waals surface area contributed by atoms with E-state index >= 15 is 0 Å². The van der Waals surface area contributed by atoms with Gasteiger partial charge in [0.15, 0.2) is 0 Å². The number of fused-ring (bicyclic) bond motifs is 1. The van der Waals surface area contributed by atoms with E-state index < -0.39 is 5.97 Å². The molecule has 3 rings (SSSR count). The number of thioether (sulfide) groups is 1. The first kappa shape index (κ1) is 23.9. The van der Waals surface area contributed by atoms with Gasteiger partial charge in [-0.1, -0.05) is 72.1 Å². The van der Waals surface area contributed by atoms with E-state index in [9.17, 15) is 4.79 Å². The normalized spacial score (nSPS) is 17.7. The summed E-state index contributed by atoms with van der Waals surface area (Å²) in [4.78, 5) is 12.3. The van der Waals surface area contributed by atoms with E-state index in [0.29, 0.717) is 11.5 Å². The summed E-state index contributed by atoms with van der Waals surface area (Å²) in [6.07, 6.45) is 7.46. The highest BCUT2D eigenvalue weighted by atomic mass is 32.2. The number of benzene rings is 2. The molecule has 1 unspecified atom stereocenters. The summed E-state index contributed by atoms with van der Waals surface area (Å²) in [6, 6.07) is 14.6. The van der Waals surface area contributed by atoms with E-state index in [2.05, 4.69) is 52.8 Å². The Balaban J connectivity index is 1.83. The maximum atomic E-state index is 11.1. The summed E-state index contributed by atoms with van der Waals surface area (Å²) in [6.45, 7) is 11.8. The maximum Gasteiger partial charge on any atom is 0.335 e. The molecular weight excluding hydrogens is 400 g/mol. The van der Waals surface area contributed by atoms with Crippen LogP contribution in [0, 0.1) is 0 Å². The minimum absolute atomic E-state index is 0.231.